The van der Waals surface area contributed by atoms with E-state index >= 15 is 0 Å². The smallest absolute Gasteiger partial charge is 0.241 e. The number of rotatable bonds is 1. The Kier molecular flexibility index (Phi) is 3.35. The first kappa shape index (κ1) is 13.2. The Hall–Kier alpha value is -2.76. The van der Waals surface area contributed by atoms with E-state index in [2.05, 4.69) is 0 Å². The van der Waals surface area contributed by atoms with Gasteiger partial charge in [0.1, 0.15) is 12.1 Å². The molecule has 0 unspecified atom stereocenters. The molecule has 0 atom stereocenters. The van der Waals surface area contributed by atoms with E-state index in [0.717, 1.165) is 10.6 Å². The maximum atomic E-state index is 12.3. The largest absolute Gasteiger partial charge is 0.279 e. The first-order valence-corrected chi connectivity index (χ1v) is 7.22. The van der Waals surface area contributed by atoms with Crippen LogP contribution in [0.25, 0.3) is 0 Å². The monoisotopic (exact) mass is 291 g/mol. The number of nitriles is 2. The van der Waals surface area contributed by atoms with Crippen molar-refractivity contribution in [2.75, 3.05) is 10.7 Å². The van der Waals surface area contributed by atoms with Crippen molar-refractivity contribution in [1.82, 2.24) is 0 Å². The van der Waals surface area contributed by atoms with Crippen LogP contribution < -0.4 is 4.90 Å². The van der Waals surface area contributed by atoms with Gasteiger partial charge in [0.05, 0.1) is 22.6 Å². The van der Waals surface area contributed by atoms with E-state index in [1.54, 1.807) is 17.0 Å². The molecule has 2 aromatic carbocycles. The first-order chi connectivity index (χ1) is 10.2. The summed E-state index contributed by atoms with van der Waals surface area (Å²) in [7, 11) is 0. The predicted molar refractivity (Wildman–Crippen MR) is 80.2 cm³/mol. The van der Waals surface area contributed by atoms with Gasteiger partial charge in [0.15, 0.2) is 0 Å². The Morgan fingerprint density at radius 3 is 2.38 bits per heavy atom. The molecule has 1 heterocycles. The maximum absolute atomic E-state index is 12.3. The van der Waals surface area contributed by atoms with E-state index in [0.29, 0.717) is 17.0 Å². The van der Waals surface area contributed by atoms with Crippen molar-refractivity contribution < 1.29 is 4.79 Å². The van der Waals surface area contributed by atoms with Gasteiger partial charge in [-0.2, -0.15) is 10.5 Å². The SMILES string of the molecule is N#Cc1cc2c(cc1C#N)N(c1ccccc1)C(=O)CS2. The summed E-state index contributed by atoms with van der Waals surface area (Å²) in [4.78, 5) is 14.7. The number of nitrogens with zero attached hydrogens (tertiary/aromatic N) is 3. The van der Waals surface area contributed by atoms with E-state index in [1.165, 1.54) is 11.8 Å². The zero-order chi connectivity index (χ0) is 14.8. The Bertz CT molecular complexity index is 803. The summed E-state index contributed by atoms with van der Waals surface area (Å²) in [6.45, 7) is 0. The molecule has 0 N–H and O–H groups in total. The molecule has 0 fully saturated rings. The molecular weight excluding hydrogens is 282 g/mol. The molecule has 1 amide bonds. The van der Waals surface area contributed by atoms with E-state index < -0.39 is 0 Å². The molecule has 0 saturated heterocycles. The van der Waals surface area contributed by atoms with Crippen LogP contribution in [0.3, 0.4) is 0 Å². The Balaban J connectivity index is 2.21. The van der Waals surface area contributed by atoms with Gasteiger partial charge in [-0.05, 0) is 24.3 Å². The van der Waals surface area contributed by atoms with Crippen LogP contribution in [0.15, 0.2) is 47.4 Å². The van der Waals surface area contributed by atoms with Crippen LogP contribution in [0.4, 0.5) is 11.4 Å². The van der Waals surface area contributed by atoms with E-state index in [1.807, 2.05) is 42.5 Å². The highest BCUT2D eigenvalue weighted by Crippen LogP contribution is 2.40. The zero-order valence-electron chi connectivity index (χ0n) is 10.9. The molecule has 2 aromatic rings. The van der Waals surface area contributed by atoms with Crippen LogP contribution in [0, 0.1) is 22.7 Å². The van der Waals surface area contributed by atoms with Crippen LogP contribution in [-0.4, -0.2) is 11.7 Å². The molecule has 0 saturated carbocycles. The van der Waals surface area contributed by atoms with Crippen molar-refractivity contribution in [3.8, 4) is 12.1 Å². The lowest BCUT2D eigenvalue weighted by Crippen LogP contribution is -2.31. The summed E-state index contributed by atoms with van der Waals surface area (Å²) in [5.41, 5.74) is 2.05. The van der Waals surface area contributed by atoms with Gasteiger partial charge in [0.25, 0.3) is 0 Å². The van der Waals surface area contributed by atoms with Crippen molar-refractivity contribution in [3.05, 3.63) is 53.6 Å². The van der Waals surface area contributed by atoms with Crippen molar-refractivity contribution in [3.63, 3.8) is 0 Å². The first-order valence-electron chi connectivity index (χ1n) is 6.23. The molecule has 5 heteroatoms. The quantitative estimate of drug-likeness (QED) is 0.809. The summed E-state index contributed by atoms with van der Waals surface area (Å²) in [5, 5.41) is 18.3. The minimum absolute atomic E-state index is 0.0349. The third kappa shape index (κ3) is 2.24. The average molecular weight is 291 g/mol. The summed E-state index contributed by atoms with van der Waals surface area (Å²) in [6, 6.07) is 16.6. The number of amides is 1. The fraction of sp³-hybridized carbons (Fsp3) is 0.0625. The Labute approximate surface area is 126 Å². The van der Waals surface area contributed by atoms with Gasteiger partial charge in [0, 0.05) is 10.6 Å². The lowest BCUT2D eigenvalue weighted by atomic mass is 10.1. The molecule has 21 heavy (non-hydrogen) atoms. The molecule has 3 rings (SSSR count). The van der Waals surface area contributed by atoms with Gasteiger partial charge >= 0.3 is 0 Å². The lowest BCUT2D eigenvalue weighted by Gasteiger charge is -2.29. The van der Waals surface area contributed by atoms with E-state index in [4.69, 9.17) is 10.5 Å². The highest BCUT2D eigenvalue weighted by Gasteiger charge is 2.27. The average Bonchev–Trinajstić information content (AvgIpc) is 2.54. The molecule has 1 aliphatic heterocycles. The van der Waals surface area contributed by atoms with Gasteiger partial charge in [0.2, 0.25) is 5.91 Å². The molecule has 100 valence electrons. The zero-order valence-corrected chi connectivity index (χ0v) is 11.7. The molecule has 0 radical (unpaired) electrons. The molecular formula is C16H9N3OS. The predicted octanol–water partition coefficient (Wildman–Crippen LogP) is 3.20. The number of para-hydroxylation sites is 1. The van der Waals surface area contributed by atoms with Gasteiger partial charge < -0.3 is 0 Å². The second-order valence-electron chi connectivity index (χ2n) is 4.44. The highest BCUT2D eigenvalue weighted by atomic mass is 32.2. The van der Waals surface area contributed by atoms with Crippen LogP contribution in [0.2, 0.25) is 0 Å². The van der Waals surface area contributed by atoms with Crippen LogP contribution in [0.1, 0.15) is 11.1 Å². The van der Waals surface area contributed by atoms with Gasteiger partial charge in [-0.1, -0.05) is 18.2 Å². The normalized spacial score (nSPS) is 13.2. The molecule has 0 aliphatic carbocycles. The minimum atomic E-state index is -0.0349. The number of anilines is 2. The van der Waals surface area contributed by atoms with Crippen molar-refractivity contribution in [2.45, 2.75) is 4.90 Å². The molecule has 4 nitrogen and oxygen atoms in total. The molecule has 0 spiro atoms. The highest BCUT2D eigenvalue weighted by molar-refractivity contribution is 8.00. The van der Waals surface area contributed by atoms with Crippen molar-refractivity contribution in [1.29, 1.82) is 10.5 Å². The topological polar surface area (TPSA) is 67.9 Å². The van der Waals surface area contributed by atoms with E-state index in [-0.39, 0.29) is 11.5 Å². The second kappa shape index (κ2) is 5.32. The number of fused-ring (bicyclic) bond motifs is 1. The van der Waals surface area contributed by atoms with E-state index in [9.17, 15) is 4.79 Å². The number of carbonyl (C=O) groups excluding carboxylic acids is 1. The Morgan fingerprint density at radius 2 is 1.71 bits per heavy atom. The lowest BCUT2D eigenvalue weighted by molar-refractivity contribution is -0.115. The number of hydrogen-bond donors (Lipinski definition) is 0. The number of thioether (sulfide) groups is 1. The summed E-state index contributed by atoms with van der Waals surface area (Å²) >= 11 is 1.39. The van der Waals surface area contributed by atoms with Gasteiger partial charge in [-0.3, -0.25) is 9.69 Å². The second-order valence-corrected chi connectivity index (χ2v) is 5.46. The maximum Gasteiger partial charge on any atom is 0.241 e. The van der Waals surface area contributed by atoms with Crippen LogP contribution in [0.5, 0.6) is 0 Å². The fourth-order valence-electron chi connectivity index (χ4n) is 2.24. The standard InChI is InChI=1S/C16H9N3OS/c17-8-11-6-14-15(7-12(11)9-18)21-10-16(20)19(14)13-4-2-1-3-5-13/h1-7H,10H2. The number of hydrogen-bond acceptors (Lipinski definition) is 4. The number of benzene rings is 2. The summed E-state index contributed by atoms with van der Waals surface area (Å²) < 4.78 is 0. The van der Waals surface area contributed by atoms with Crippen molar-refractivity contribution in [2.24, 2.45) is 0 Å². The van der Waals surface area contributed by atoms with Crippen LogP contribution >= 0.6 is 11.8 Å². The van der Waals surface area contributed by atoms with Gasteiger partial charge in [-0.15, -0.1) is 11.8 Å². The van der Waals surface area contributed by atoms with Crippen molar-refractivity contribution >= 4 is 29.0 Å². The third-order valence-corrected chi connectivity index (χ3v) is 4.23. The minimum Gasteiger partial charge on any atom is -0.279 e. The van der Waals surface area contributed by atoms with Gasteiger partial charge in [-0.25, -0.2) is 0 Å². The summed E-state index contributed by atoms with van der Waals surface area (Å²) in [5.74, 6) is 0.283. The number of carbonyl (C=O) groups is 1. The Morgan fingerprint density at radius 1 is 1.05 bits per heavy atom. The molecule has 0 bridgehead atoms. The molecule has 0 aromatic heterocycles. The summed E-state index contributed by atoms with van der Waals surface area (Å²) in [6.07, 6.45) is 0. The fourth-order valence-corrected chi connectivity index (χ4v) is 3.15. The molecule has 1 aliphatic rings. The van der Waals surface area contributed by atoms with Crippen LogP contribution in [-0.2, 0) is 4.79 Å². The third-order valence-electron chi connectivity index (χ3n) is 3.20.